The van der Waals surface area contributed by atoms with Crippen LogP contribution in [0.15, 0.2) is 48.8 Å². The number of nitrogens with zero attached hydrogens (tertiary/aromatic N) is 2. The Bertz CT molecular complexity index is 1360. The van der Waals surface area contributed by atoms with Crippen molar-refractivity contribution in [1.82, 2.24) is 15.3 Å². The molecule has 4 rings (SSSR count). The van der Waals surface area contributed by atoms with Crippen molar-refractivity contribution in [3.8, 4) is 0 Å². The summed E-state index contributed by atoms with van der Waals surface area (Å²) in [6, 6.07) is 7.81. The zero-order chi connectivity index (χ0) is 26.0. The van der Waals surface area contributed by atoms with Gasteiger partial charge in [-0.15, -0.1) is 0 Å². The molecule has 12 heteroatoms. The molecule has 186 valence electrons. The number of carbonyl (C=O) groups is 3. The number of rotatable bonds is 6. The lowest BCUT2D eigenvalue weighted by Crippen LogP contribution is -2.28. The van der Waals surface area contributed by atoms with Gasteiger partial charge in [0.15, 0.2) is 0 Å². The molecule has 0 spiro atoms. The van der Waals surface area contributed by atoms with Crippen molar-refractivity contribution >= 4 is 23.6 Å². The highest BCUT2D eigenvalue weighted by molar-refractivity contribution is 5.95. The maximum atomic E-state index is 13.4. The summed E-state index contributed by atoms with van der Waals surface area (Å²) in [5, 5.41) is 14.3. The second kappa shape index (κ2) is 9.72. The van der Waals surface area contributed by atoms with Gasteiger partial charge in [-0.05, 0) is 53.8 Å². The van der Waals surface area contributed by atoms with E-state index in [1.807, 2.05) is 0 Å². The molecule has 1 aliphatic carbocycles. The first-order chi connectivity index (χ1) is 17.0. The Morgan fingerprint density at radius 2 is 1.83 bits per heavy atom. The number of aromatic nitrogens is 2. The Balaban J connectivity index is 1.41. The van der Waals surface area contributed by atoms with Crippen LogP contribution in [0, 0.1) is 5.82 Å². The molecular weight excluding hydrogens is 484 g/mol. The van der Waals surface area contributed by atoms with Crippen molar-refractivity contribution in [2.75, 3.05) is 5.32 Å². The molecule has 0 aliphatic heterocycles. The number of hydrogen-bond acceptors (Lipinski definition) is 5. The lowest BCUT2D eigenvalue weighted by atomic mass is 10.0. The van der Waals surface area contributed by atoms with Gasteiger partial charge in [0.1, 0.15) is 23.7 Å². The third kappa shape index (κ3) is 5.48. The van der Waals surface area contributed by atoms with Crippen LogP contribution in [0.4, 0.5) is 23.4 Å². The Labute approximate surface area is 201 Å². The van der Waals surface area contributed by atoms with Gasteiger partial charge < -0.3 is 15.7 Å². The minimum Gasteiger partial charge on any atom is -0.478 e. The molecule has 0 bridgehead atoms. The van der Waals surface area contributed by atoms with Crippen LogP contribution in [0.2, 0.25) is 0 Å². The largest absolute Gasteiger partial charge is 0.478 e. The molecule has 0 fully saturated rings. The summed E-state index contributed by atoms with van der Waals surface area (Å²) in [5.41, 5.74) is 0.198. The van der Waals surface area contributed by atoms with E-state index in [0.717, 1.165) is 23.5 Å². The molecule has 2 aromatic carbocycles. The number of aryl methyl sites for hydroxylation is 1. The summed E-state index contributed by atoms with van der Waals surface area (Å²) >= 11 is 0. The standard InChI is InChI=1S/C24H18F4N4O4/c25-17-5-1-12(7-16(17)24(26,27)28)8-21(33)32-20-10-19(29-11-30-20)22(34)31-18-6-3-13-9-14(23(35)36)2-4-15(13)18/h1-2,4-5,7,9-11,18H,3,6,8H2,(H,31,34)(H,35,36)(H,29,30,32,33)/t18-/m0/s1. The number of aromatic carboxylic acids is 1. The van der Waals surface area contributed by atoms with E-state index in [2.05, 4.69) is 20.6 Å². The molecule has 8 nitrogen and oxygen atoms in total. The maximum absolute atomic E-state index is 13.4. The van der Waals surface area contributed by atoms with E-state index < -0.39 is 41.8 Å². The van der Waals surface area contributed by atoms with E-state index in [-0.39, 0.29) is 28.7 Å². The first-order valence-electron chi connectivity index (χ1n) is 10.7. The average molecular weight is 502 g/mol. The molecule has 0 radical (unpaired) electrons. The quantitative estimate of drug-likeness (QED) is 0.439. The smallest absolute Gasteiger partial charge is 0.419 e. The van der Waals surface area contributed by atoms with E-state index in [1.54, 1.807) is 12.1 Å². The predicted molar refractivity (Wildman–Crippen MR) is 118 cm³/mol. The van der Waals surface area contributed by atoms with Gasteiger partial charge in [0, 0.05) is 6.07 Å². The predicted octanol–water partition coefficient (Wildman–Crippen LogP) is 3.93. The number of carboxylic acid groups (broad SMARTS) is 1. The van der Waals surface area contributed by atoms with Crippen molar-refractivity contribution < 1.29 is 37.1 Å². The van der Waals surface area contributed by atoms with Gasteiger partial charge in [-0.1, -0.05) is 12.1 Å². The number of amides is 2. The van der Waals surface area contributed by atoms with Crippen molar-refractivity contribution in [2.45, 2.75) is 31.5 Å². The summed E-state index contributed by atoms with van der Waals surface area (Å²) in [6.45, 7) is 0. The number of anilines is 1. The van der Waals surface area contributed by atoms with Gasteiger partial charge >= 0.3 is 12.1 Å². The van der Waals surface area contributed by atoms with Gasteiger partial charge in [0.25, 0.3) is 5.91 Å². The molecule has 1 aromatic heterocycles. The Hall–Kier alpha value is -4.35. The number of carbonyl (C=O) groups excluding carboxylic acids is 2. The SMILES string of the molecule is O=C(Cc1ccc(F)c(C(F)(F)F)c1)Nc1cc(C(=O)N[C@H]2CCc3cc(C(=O)O)ccc32)ncn1. The maximum Gasteiger partial charge on any atom is 0.419 e. The highest BCUT2D eigenvalue weighted by Crippen LogP contribution is 2.33. The normalized spacial score (nSPS) is 14.7. The fraction of sp³-hybridized carbons (Fsp3) is 0.208. The number of nitrogens with one attached hydrogen (secondary N) is 2. The number of benzene rings is 2. The lowest BCUT2D eigenvalue weighted by Gasteiger charge is -2.14. The highest BCUT2D eigenvalue weighted by Gasteiger charge is 2.34. The zero-order valence-electron chi connectivity index (χ0n) is 18.4. The molecule has 1 atom stereocenters. The summed E-state index contributed by atoms with van der Waals surface area (Å²) in [7, 11) is 0. The lowest BCUT2D eigenvalue weighted by molar-refractivity contribution is -0.140. The number of halogens is 4. The van der Waals surface area contributed by atoms with Gasteiger partial charge in [-0.2, -0.15) is 13.2 Å². The van der Waals surface area contributed by atoms with Crippen LogP contribution in [0.5, 0.6) is 0 Å². The first kappa shape index (κ1) is 24.8. The van der Waals surface area contributed by atoms with Crippen LogP contribution >= 0.6 is 0 Å². The van der Waals surface area contributed by atoms with Crippen molar-refractivity contribution in [1.29, 1.82) is 0 Å². The second-order valence-electron chi connectivity index (χ2n) is 8.11. The highest BCUT2D eigenvalue weighted by atomic mass is 19.4. The summed E-state index contributed by atoms with van der Waals surface area (Å²) in [6.07, 6.45) is -3.18. The van der Waals surface area contributed by atoms with Gasteiger partial charge in [0.2, 0.25) is 5.91 Å². The van der Waals surface area contributed by atoms with Crippen LogP contribution in [-0.4, -0.2) is 32.9 Å². The minimum atomic E-state index is -4.90. The van der Waals surface area contributed by atoms with E-state index in [4.69, 9.17) is 5.11 Å². The van der Waals surface area contributed by atoms with Crippen LogP contribution in [0.3, 0.4) is 0 Å². The molecule has 0 saturated carbocycles. The van der Waals surface area contributed by atoms with Gasteiger partial charge in [0.05, 0.1) is 23.6 Å². The van der Waals surface area contributed by atoms with Crippen LogP contribution in [0.1, 0.15) is 55.6 Å². The molecule has 1 heterocycles. The monoisotopic (exact) mass is 502 g/mol. The summed E-state index contributed by atoms with van der Waals surface area (Å²) in [5.74, 6) is -3.80. The van der Waals surface area contributed by atoms with Crippen molar-refractivity contribution in [2.24, 2.45) is 0 Å². The van der Waals surface area contributed by atoms with Crippen LogP contribution in [-0.2, 0) is 23.8 Å². The molecule has 36 heavy (non-hydrogen) atoms. The molecular formula is C24H18F4N4O4. The second-order valence-corrected chi connectivity index (χ2v) is 8.11. The van der Waals surface area contributed by atoms with E-state index in [9.17, 15) is 31.9 Å². The Morgan fingerprint density at radius 1 is 1.06 bits per heavy atom. The number of alkyl halides is 3. The fourth-order valence-corrected chi connectivity index (χ4v) is 3.95. The molecule has 3 aromatic rings. The molecule has 0 saturated heterocycles. The zero-order valence-corrected chi connectivity index (χ0v) is 18.4. The molecule has 2 amide bonds. The topological polar surface area (TPSA) is 121 Å². The molecule has 1 aliphatic rings. The first-order valence-corrected chi connectivity index (χ1v) is 10.7. The fourth-order valence-electron chi connectivity index (χ4n) is 3.95. The number of hydrogen-bond donors (Lipinski definition) is 3. The summed E-state index contributed by atoms with van der Waals surface area (Å²) < 4.78 is 52.1. The van der Waals surface area contributed by atoms with Gasteiger partial charge in [-0.3, -0.25) is 9.59 Å². The van der Waals surface area contributed by atoms with E-state index in [0.29, 0.717) is 25.0 Å². The van der Waals surface area contributed by atoms with Crippen molar-refractivity contribution in [3.05, 3.63) is 88.1 Å². The van der Waals surface area contributed by atoms with Crippen LogP contribution < -0.4 is 10.6 Å². The van der Waals surface area contributed by atoms with Crippen LogP contribution in [0.25, 0.3) is 0 Å². The molecule has 3 N–H and O–H groups in total. The summed E-state index contributed by atoms with van der Waals surface area (Å²) in [4.78, 5) is 43.9. The van der Waals surface area contributed by atoms with E-state index in [1.165, 1.54) is 12.1 Å². The average Bonchev–Trinajstić information content (AvgIpc) is 3.21. The molecule has 0 unspecified atom stereocenters. The Kier molecular flexibility index (Phi) is 6.69. The van der Waals surface area contributed by atoms with E-state index >= 15 is 0 Å². The Morgan fingerprint density at radius 3 is 2.56 bits per heavy atom. The number of fused-ring (bicyclic) bond motifs is 1. The minimum absolute atomic E-state index is 0.0452. The van der Waals surface area contributed by atoms with Gasteiger partial charge in [-0.25, -0.2) is 19.2 Å². The third-order valence-corrected chi connectivity index (χ3v) is 5.64. The van der Waals surface area contributed by atoms with Crippen molar-refractivity contribution in [3.63, 3.8) is 0 Å². The number of carboxylic acids is 1. The third-order valence-electron chi connectivity index (χ3n) is 5.64.